The minimum atomic E-state index is -1.41. The van der Waals surface area contributed by atoms with Gasteiger partial charge in [0.05, 0.1) is 19.4 Å². The summed E-state index contributed by atoms with van der Waals surface area (Å²) in [4.78, 5) is 70.3. The van der Waals surface area contributed by atoms with Gasteiger partial charge in [-0.2, -0.15) is 0 Å². The Morgan fingerprint density at radius 3 is 1.74 bits per heavy atom. The monoisotopic (exact) mass is 645 g/mol. The van der Waals surface area contributed by atoms with Crippen molar-refractivity contribution in [1.82, 2.24) is 9.80 Å². The van der Waals surface area contributed by atoms with Gasteiger partial charge in [0.1, 0.15) is 19.1 Å². The predicted octanol–water partition coefficient (Wildman–Crippen LogP) is 1.98. The first-order chi connectivity index (χ1) is 22.5. The van der Waals surface area contributed by atoms with E-state index in [1.165, 1.54) is 12.0 Å². The summed E-state index contributed by atoms with van der Waals surface area (Å²) >= 11 is 0. The van der Waals surface area contributed by atoms with Crippen LogP contribution in [0.25, 0.3) is 0 Å². The van der Waals surface area contributed by atoms with Gasteiger partial charge in [-0.15, -0.1) is 0 Å². The molecule has 0 aliphatic carbocycles. The molecule has 0 saturated carbocycles. The molecule has 0 radical (unpaired) electrons. The summed E-state index contributed by atoms with van der Waals surface area (Å²) < 4.78 is 4.75. The summed E-state index contributed by atoms with van der Waals surface area (Å²) in [5.74, 6) is -5.60. The molecule has 0 unspecified atom stereocenters. The average molecular weight is 646 g/mol. The minimum absolute atomic E-state index is 0.00614. The van der Waals surface area contributed by atoms with Crippen LogP contribution in [-0.4, -0.2) is 88.5 Å². The van der Waals surface area contributed by atoms with E-state index >= 15 is 0 Å². The van der Waals surface area contributed by atoms with E-state index in [1.54, 1.807) is 72.8 Å². The van der Waals surface area contributed by atoms with Gasteiger partial charge in [0, 0.05) is 13.1 Å². The number of nitrogens with two attached hydrogens (primary N) is 2. The van der Waals surface area contributed by atoms with Crippen molar-refractivity contribution in [2.24, 2.45) is 16.5 Å². The molecule has 3 aromatic rings. The molecular formula is C34H39N5O8. The van der Waals surface area contributed by atoms with Gasteiger partial charge in [-0.05, 0) is 35.1 Å². The van der Waals surface area contributed by atoms with E-state index in [4.69, 9.17) is 16.2 Å². The number of amides is 2. The van der Waals surface area contributed by atoms with Crippen molar-refractivity contribution in [2.45, 2.75) is 37.8 Å². The Kier molecular flexibility index (Phi) is 13.5. The van der Waals surface area contributed by atoms with Crippen LogP contribution in [-0.2, 0) is 41.7 Å². The lowest BCUT2D eigenvalue weighted by Gasteiger charge is -2.36. The smallest absolute Gasteiger partial charge is 0.323 e. The van der Waals surface area contributed by atoms with E-state index in [0.29, 0.717) is 27.2 Å². The number of ether oxygens (including phenoxy) is 1. The molecule has 0 spiro atoms. The molecule has 0 aliphatic heterocycles. The highest BCUT2D eigenvalue weighted by molar-refractivity contribution is 5.94. The number of carboxylic acid groups (broad SMARTS) is 2. The molecule has 0 aromatic heterocycles. The third-order valence-corrected chi connectivity index (χ3v) is 7.30. The number of hydrogen-bond acceptors (Lipinski definition) is 7. The van der Waals surface area contributed by atoms with Crippen molar-refractivity contribution in [3.63, 3.8) is 0 Å². The molecule has 0 heterocycles. The molecule has 0 bridgehead atoms. The quantitative estimate of drug-likeness (QED) is 0.0727. The molecule has 13 heteroatoms. The highest BCUT2D eigenvalue weighted by Gasteiger charge is 2.38. The van der Waals surface area contributed by atoms with Crippen molar-refractivity contribution in [2.75, 3.05) is 26.7 Å². The molecule has 0 saturated heterocycles. The lowest BCUT2D eigenvalue weighted by Crippen LogP contribution is -2.53. The second kappa shape index (κ2) is 17.7. The molecule has 248 valence electrons. The molecular weight excluding hydrogens is 606 g/mol. The summed E-state index contributed by atoms with van der Waals surface area (Å²) in [5, 5.41) is 19.1. The molecule has 3 rings (SSSR count). The Hall–Kier alpha value is -5.72. The largest absolute Gasteiger partial charge is 0.480 e. The Morgan fingerprint density at radius 2 is 1.28 bits per heavy atom. The number of carbonyl (C=O) groups is 5. The zero-order valence-corrected chi connectivity index (χ0v) is 26.0. The van der Waals surface area contributed by atoms with Gasteiger partial charge in [0.15, 0.2) is 5.96 Å². The molecule has 2 amide bonds. The number of aliphatic imine (C=N–C) groups is 1. The zero-order valence-electron chi connectivity index (χ0n) is 26.0. The van der Waals surface area contributed by atoms with E-state index in [-0.39, 0.29) is 38.3 Å². The first-order valence-corrected chi connectivity index (χ1v) is 14.8. The van der Waals surface area contributed by atoms with E-state index in [0.717, 1.165) is 0 Å². The van der Waals surface area contributed by atoms with Crippen molar-refractivity contribution >= 4 is 35.7 Å². The number of nitrogens with zero attached hydrogens (tertiary/aromatic N) is 3. The second-order valence-corrected chi connectivity index (χ2v) is 10.7. The van der Waals surface area contributed by atoms with E-state index in [1.807, 2.05) is 12.1 Å². The van der Waals surface area contributed by atoms with Crippen LogP contribution < -0.4 is 11.5 Å². The van der Waals surface area contributed by atoms with Gasteiger partial charge in [-0.1, -0.05) is 84.9 Å². The van der Waals surface area contributed by atoms with Crippen LogP contribution >= 0.6 is 0 Å². The van der Waals surface area contributed by atoms with Crippen molar-refractivity contribution in [3.8, 4) is 0 Å². The van der Waals surface area contributed by atoms with Crippen LogP contribution in [0.5, 0.6) is 0 Å². The number of guanidine groups is 1. The fraction of sp³-hybridized carbons (Fsp3) is 0.294. The van der Waals surface area contributed by atoms with Crippen molar-refractivity contribution in [1.29, 1.82) is 0 Å². The lowest BCUT2D eigenvalue weighted by molar-refractivity contribution is -0.154. The maximum atomic E-state index is 14.8. The van der Waals surface area contributed by atoms with E-state index < -0.39 is 54.8 Å². The van der Waals surface area contributed by atoms with Crippen molar-refractivity contribution in [3.05, 3.63) is 107 Å². The molecule has 0 fully saturated rings. The fourth-order valence-electron chi connectivity index (χ4n) is 5.13. The highest BCUT2D eigenvalue weighted by Crippen LogP contribution is 2.30. The SMILES string of the molecule is COC(=O)Cc1ccc(CN(C(=O)C(c2ccccc2)c2ccccc2)[C@H](CCCN=C(N)N)C(=O)N(CC(=O)O)CC(=O)O)cc1. The van der Waals surface area contributed by atoms with E-state index in [9.17, 15) is 34.2 Å². The highest BCUT2D eigenvalue weighted by atomic mass is 16.5. The first-order valence-electron chi connectivity index (χ1n) is 14.8. The number of carboxylic acids is 2. The van der Waals surface area contributed by atoms with Crippen molar-refractivity contribution < 1.29 is 38.9 Å². The van der Waals surface area contributed by atoms with Crippen LogP contribution in [0.4, 0.5) is 0 Å². The summed E-state index contributed by atoms with van der Waals surface area (Å²) in [5.41, 5.74) is 13.6. The average Bonchev–Trinajstić information content (AvgIpc) is 3.04. The molecule has 3 aromatic carbocycles. The number of rotatable bonds is 17. The molecule has 47 heavy (non-hydrogen) atoms. The van der Waals surface area contributed by atoms with Crippen LogP contribution in [0.15, 0.2) is 89.9 Å². The standard InChI is InChI=1S/C34H39N5O8/c1-47-30(44)19-23-14-16-24(17-15-23)20-39(33(46)31(25-9-4-2-5-10-25)26-11-6-3-7-12-26)27(13-8-18-37-34(35)36)32(45)38(21-28(40)41)22-29(42)43/h2-7,9-12,14-17,27,31H,8,13,18-22H2,1H3,(H,40,41)(H,42,43)(H4,35,36,37)/t27-/m1/s1. The number of methoxy groups -OCH3 is 1. The van der Waals surface area contributed by atoms with Gasteiger partial charge >= 0.3 is 17.9 Å². The zero-order chi connectivity index (χ0) is 34.3. The van der Waals surface area contributed by atoms with E-state index in [2.05, 4.69) is 4.99 Å². The minimum Gasteiger partial charge on any atom is -0.480 e. The lowest BCUT2D eigenvalue weighted by atomic mass is 9.89. The molecule has 0 aliphatic rings. The number of carbonyl (C=O) groups excluding carboxylic acids is 3. The van der Waals surface area contributed by atoms with Gasteiger partial charge in [0.2, 0.25) is 11.8 Å². The first kappa shape index (κ1) is 35.8. The van der Waals surface area contributed by atoms with Crippen LogP contribution in [0, 0.1) is 0 Å². The number of hydrogen-bond donors (Lipinski definition) is 4. The number of aliphatic carboxylic acids is 2. The fourth-order valence-corrected chi connectivity index (χ4v) is 5.13. The Balaban J connectivity index is 2.17. The molecule has 6 N–H and O–H groups in total. The summed E-state index contributed by atoms with van der Waals surface area (Å²) in [7, 11) is 1.29. The topological polar surface area (TPSA) is 206 Å². The second-order valence-electron chi connectivity index (χ2n) is 10.7. The maximum absolute atomic E-state index is 14.8. The van der Waals surface area contributed by atoms with Gasteiger partial charge in [-0.3, -0.25) is 29.0 Å². The third kappa shape index (κ3) is 11.0. The predicted molar refractivity (Wildman–Crippen MR) is 173 cm³/mol. The molecule has 1 atom stereocenters. The summed E-state index contributed by atoms with van der Waals surface area (Å²) in [6.45, 7) is -1.77. The summed E-state index contributed by atoms with van der Waals surface area (Å²) in [6, 6.07) is 23.5. The van der Waals surface area contributed by atoms with Gasteiger partial charge in [0.25, 0.3) is 0 Å². The number of benzene rings is 3. The third-order valence-electron chi connectivity index (χ3n) is 7.30. The Labute approximate surface area is 272 Å². The van der Waals surface area contributed by atoms with Gasteiger partial charge < -0.3 is 36.2 Å². The summed E-state index contributed by atoms with van der Waals surface area (Å²) in [6.07, 6.45) is 0.244. The van der Waals surface area contributed by atoms with Gasteiger partial charge in [-0.25, -0.2) is 0 Å². The van der Waals surface area contributed by atoms with Crippen LogP contribution in [0.3, 0.4) is 0 Å². The van der Waals surface area contributed by atoms with Crippen LogP contribution in [0.2, 0.25) is 0 Å². The Bertz CT molecular complexity index is 1490. The molecule has 13 nitrogen and oxygen atoms in total. The maximum Gasteiger partial charge on any atom is 0.323 e. The normalized spacial score (nSPS) is 11.3. The Morgan fingerprint density at radius 1 is 0.766 bits per heavy atom. The van der Waals surface area contributed by atoms with Crippen LogP contribution in [0.1, 0.15) is 41.0 Å². The number of esters is 1.